The maximum Gasteiger partial charge on any atom is 0.410 e. The maximum absolute atomic E-state index is 14.8. The van der Waals surface area contributed by atoms with Crippen molar-refractivity contribution in [3.05, 3.63) is 40.6 Å². The molecule has 10 heteroatoms. The Kier molecular flexibility index (Phi) is 5.08. The van der Waals surface area contributed by atoms with Crippen LogP contribution in [0.1, 0.15) is 50.2 Å². The second kappa shape index (κ2) is 7.55. The number of aliphatic imine (C=N–C) groups is 1. The number of hydrogen-bond acceptors (Lipinski definition) is 6. The molecule has 29 heavy (non-hydrogen) atoms. The molecule has 4 N–H and O–H groups in total. The van der Waals surface area contributed by atoms with Crippen LogP contribution < -0.4 is 11.1 Å². The molecule has 2 atom stereocenters. The smallest absolute Gasteiger partial charge is 0.410 e. The number of H-pyrrole nitrogens is 1. The molecule has 2 aliphatic rings. The minimum absolute atomic E-state index is 0.204. The van der Waals surface area contributed by atoms with Gasteiger partial charge in [0.1, 0.15) is 17.4 Å². The van der Waals surface area contributed by atoms with E-state index in [9.17, 15) is 9.18 Å². The summed E-state index contributed by atoms with van der Waals surface area (Å²) in [5, 5.41) is 3.12. The molecule has 1 saturated heterocycles. The summed E-state index contributed by atoms with van der Waals surface area (Å²) in [7, 11) is 0. The minimum Gasteiger partial charge on any atom is -0.447 e. The molecule has 4 rings (SSSR count). The van der Waals surface area contributed by atoms with Gasteiger partial charge in [-0.1, -0.05) is 11.6 Å². The van der Waals surface area contributed by atoms with Crippen LogP contribution in [0.4, 0.5) is 9.18 Å². The summed E-state index contributed by atoms with van der Waals surface area (Å²) in [6, 6.07) is 2.24. The average molecular weight is 421 g/mol. The first kappa shape index (κ1) is 19.5. The quantitative estimate of drug-likeness (QED) is 0.704. The number of fused-ring (bicyclic) bond motifs is 1. The number of guanidine groups is 1. The molecule has 1 fully saturated rings. The number of likely N-dealkylation sites (tertiary alicyclic amines) is 1. The van der Waals surface area contributed by atoms with E-state index in [-0.39, 0.29) is 29.7 Å². The molecule has 0 aliphatic carbocycles. The van der Waals surface area contributed by atoms with Crippen LogP contribution in [0.2, 0.25) is 0 Å². The molecule has 1 aromatic heterocycles. The van der Waals surface area contributed by atoms with Crippen LogP contribution in [0.3, 0.4) is 0 Å². The number of carbonyl (C=O) groups is 1. The van der Waals surface area contributed by atoms with Crippen LogP contribution in [0, 0.1) is 5.82 Å². The molecular weight excluding hydrogens is 399 g/mol. The van der Waals surface area contributed by atoms with Gasteiger partial charge in [0.05, 0.1) is 22.7 Å². The molecule has 0 spiro atoms. The highest BCUT2D eigenvalue weighted by atomic mass is 35.5. The molecule has 2 aromatic rings. The van der Waals surface area contributed by atoms with E-state index < -0.39 is 11.9 Å². The van der Waals surface area contributed by atoms with Crippen LogP contribution in [0.5, 0.6) is 0 Å². The first-order valence-corrected chi connectivity index (χ1v) is 9.83. The lowest BCUT2D eigenvalue weighted by molar-refractivity contribution is 0.0722. The zero-order valence-electron chi connectivity index (χ0n) is 16.1. The Bertz CT molecular complexity index is 1020. The summed E-state index contributed by atoms with van der Waals surface area (Å²) in [5.41, 5.74) is 6.98. The lowest BCUT2D eigenvalue weighted by Crippen LogP contribution is -2.33. The van der Waals surface area contributed by atoms with Gasteiger partial charge in [0.25, 0.3) is 0 Å². The van der Waals surface area contributed by atoms with Crippen LogP contribution in [-0.4, -0.2) is 39.6 Å². The van der Waals surface area contributed by atoms with Crippen LogP contribution in [0.15, 0.2) is 28.4 Å². The Balaban J connectivity index is 1.68. The fraction of sp³-hybridized carbons (Fsp3) is 0.421. The maximum atomic E-state index is 14.8. The van der Waals surface area contributed by atoms with Crippen molar-refractivity contribution in [2.24, 2.45) is 10.7 Å². The Labute approximate surface area is 172 Å². The number of aromatic nitrogens is 2. The zero-order chi connectivity index (χ0) is 20.7. The van der Waals surface area contributed by atoms with E-state index in [1.54, 1.807) is 24.8 Å². The van der Waals surface area contributed by atoms with Crippen molar-refractivity contribution >= 4 is 34.7 Å². The van der Waals surface area contributed by atoms with Gasteiger partial charge >= 0.3 is 6.09 Å². The fourth-order valence-corrected chi connectivity index (χ4v) is 3.89. The molecule has 3 heterocycles. The third kappa shape index (κ3) is 3.74. The number of nitrogens with two attached hydrogens (primary N) is 1. The summed E-state index contributed by atoms with van der Waals surface area (Å²) in [6.45, 7) is 4.18. The number of hydrogen-bond donors (Lipinski definition) is 3. The van der Waals surface area contributed by atoms with Gasteiger partial charge in [-0.05, 0) is 44.4 Å². The van der Waals surface area contributed by atoms with Gasteiger partial charge in [-0.25, -0.2) is 19.2 Å². The van der Waals surface area contributed by atoms with Crippen molar-refractivity contribution in [1.29, 1.82) is 0 Å². The van der Waals surface area contributed by atoms with Crippen LogP contribution in [-0.2, 0) is 4.74 Å². The van der Waals surface area contributed by atoms with Gasteiger partial charge in [0.15, 0.2) is 11.8 Å². The van der Waals surface area contributed by atoms with Crippen molar-refractivity contribution in [2.75, 3.05) is 6.54 Å². The molecule has 0 saturated carbocycles. The second-order valence-corrected chi connectivity index (χ2v) is 7.83. The number of ether oxygens (including phenoxy) is 1. The highest BCUT2D eigenvalue weighted by Crippen LogP contribution is 2.35. The Morgan fingerprint density at radius 1 is 1.45 bits per heavy atom. The standard InChI is InChI=1S/C19H22ClFN6O2/c1-9(2)29-19(28)27-5-3-4-14(27)17-24-13-7-10(6-12(21)16(13)25-17)15-11(20)8-23-18(22)26-15/h6-9,14-15H,3-5H2,1-2H3,(H,24,25)(H3,22,23,26). The molecule has 0 radical (unpaired) electrons. The van der Waals surface area contributed by atoms with Gasteiger partial charge in [0, 0.05) is 12.7 Å². The Hall–Kier alpha value is -2.81. The Morgan fingerprint density at radius 3 is 3.00 bits per heavy atom. The highest BCUT2D eigenvalue weighted by molar-refractivity contribution is 6.30. The number of rotatable bonds is 3. The van der Waals surface area contributed by atoms with Gasteiger partial charge in [0.2, 0.25) is 0 Å². The monoisotopic (exact) mass is 420 g/mol. The SMILES string of the molecule is CC(C)OC(=O)N1CCCC1c1nc2c(F)cc(C3N=C(N)NC=C3Cl)cc2[nH]1. The first-order chi connectivity index (χ1) is 13.8. The number of aromatic amines is 1. The molecule has 1 aromatic carbocycles. The van der Waals surface area contributed by atoms with Gasteiger partial charge in [-0.2, -0.15) is 0 Å². The Morgan fingerprint density at radius 2 is 2.24 bits per heavy atom. The van der Waals surface area contributed by atoms with E-state index in [0.717, 1.165) is 12.8 Å². The number of nitrogens with one attached hydrogen (secondary N) is 2. The van der Waals surface area contributed by atoms with Gasteiger partial charge in [-0.15, -0.1) is 0 Å². The van der Waals surface area contributed by atoms with Crippen molar-refractivity contribution in [3.63, 3.8) is 0 Å². The van der Waals surface area contributed by atoms with Crippen LogP contribution in [0.25, 0.3) is 11.0 Å². The number of halogens is 2. The molecule has 154 valence electrons. The predicted octanol–water partition coefficient (Wildman–Crippen LogP) is 3.42. The number of amides is 1. The van der Waals surface area contributed by atoms with Crippen molar-refractivity contribution < 1.29 is 13.9 Å². The molecule has 8 nitrogen and oxygen atoms in total. The third-order valence-corrected chi connectivity index (χ3v) is 5.24. The van der Waals surface area contributed by atoms with Crippen molar-refractivity contribution in [2.45, 2.75) is 44.9 Å². The van der Waals surface area contributed by atoms with Gasteiger partial charge < -0.3 is 20.8 Å². The molecule has 2 unspecified atom stereocenters. The summed E-state index contributed by atoms with van der Waals surface area (Å²) < 4.78 is 20.1. The molecule has 2 aliphatic heterocycles. The summed E-state index contributed by atoms with van der Waals surface area (Å²) in [4.78, 5) is 25.8. The van der Waals surface area contributed by atoms with E-state index in [1.165, 1.54) is 12.3 Å². The predicted molar refractivity (Wildman–Crippen MR) is 108 cm³/mol. The van der Waals surface area contributed by atoms with Gasteiger partial charge in [-0.3, -0.25) is 4.90 Å². The summed E-state index contributed by atoms with van der Waals surface area (Å²) >= 11 is 6.22. The average Bonchev–Trinajstić information content (AvgIpc) is 3.29. The lowest BCUT2D eigenvalue weighted by atomic mass is 10.1. The van der Waals surface area contributed by atoms with E-state index in [2.05, 4.69) is 20.3 Å². The topological polar surface area (TPSA) is 109 Å². The normalized spacial score (nSPS) is 21.9. The number of carbonyl (C=O) groups excluding carboxylic acids is 1. The molecule has 1 amide bonds. The molecular formula is C19H22ClFN6O2. The highest BCUT2D eigenvalue weighted by Gasteiger charge is 2.34. The summed E-state index contributed by atoms with van der Waals surface area (Å²) in [6.07, 6.45) is 2.49. The molecule has 0 bridgehead atoms. The third-order valence-electron chi connectivity index (χ3n) is 4.92. The zero-order valence-corrected chi connectivity index (χ0v) is 16.8. The summed E-state index contributed by atoms with van der Waals surface area (Å²) in [5.74, 6) is 0.241. The van der Waals surface area contributed by atoms with Crippen LogP contribution >= 0.6 is 11.6 Å². The number of nitrogens with zero attached hydrogens (tertiary/aromatic N) is 3. The largest absolute Gasteiger partial charge is 0.447 e. The minimum atomic E-state index is -0.590. The van der Waals surface area contributed by atoms with E-state index >= 15 is 0 Å². The first-order valence-electron chi connectivity index (χ1n) is 9.45. The van der Waals surface area contributed by atoms with E-state index in [0.29, 0.717) is 28.5 Å². The van der Waals surface area contributed by atoms with E-state index in [4.69, 9.17) is 22.1 Å². The lowest BCUT2D eigenvalue weighted by Gasteiger charge is -2.23. The van der Waals surface area contributed by atoms with E-state index in [1.807, 2.05) is 0 Å². The second-order valence-electron chi connectivity index (χ2n) is 7.40. The van der Waals surface area contributed by atoms with Crippen molar-refractivity contribution in [3.8, 4) is 0 Å². The fourth-order valence-electron chi connectivity index (χ4n) is 3.66. The number of benzene rings is 1. The van der Waals surface area contributed by atoms with Crippen molar-refractivity contribution in [1.82, 2.24) is 20.2 Å². The number of imidazole rings is 1.